The molecule has 0 aliphatic rings. The van der Waals surface area contributed by atoms with Gasteiger partial charge >= 0.3 is 0 Å². The number of carbonyl (C=O) groups is 1. The monoisotopic (exact) mass is 442 g/mol. The fourth-order valence-corrected chi connectivity index (χ4v) is 3.76. The lowest BCUT2D eigenvalue weighted by molar-refractivity contribution is -0.119. The Morgan fingerprint density at radius 2 is 1.97 bits per heavy atom. The third-order valence-electron chi connectivity index (χ3n) is 4.10. The Hall–Kier alpha value is -2.32. The molecule has 2 aromatic carbocycles. The average molecular weight is 443 g/mol. The number of nitrogens with zero attached hydrogens (tertiary/aromatic N) is 1. The average Bonchev–Trinajstić information content (AvgIpc) is 2.66. The fourth-order valence-electron chi connectivity index (χ4n) is 2.74. The number of aryl methyl sites for hydroxylation is 1. The second-order valence-electron chi connectivity index (χ2n) is 6.36. The van der Waals surface area contributed by atoms with Crippen LogP contribution >= 0.6 is 11.6 Å². The number of halogens is 2. The molecular formula is C20H24ClFN2O4S. The first-order chi connectivity index (χ1) is 13.7. The Kier molecular flexibility index (Phi) is 8.28. The second kappa shape index (κ2) is 10.5. The minimum absolute atomic E-state index is 0.125. The zero-order valence-corrected chi connectivity index (χ0v) is 17.9. The fraction of sp³-hybridized carbons (Fsp3) is 0.350. The molecule has 0 aliphatic carbocycles. The van der Waals surface area contributed by atoms with E-state index in [-0.39, 0.29) is 10.7 Å². The van der Waals surface area contributed by atoms with Gasteiger partial charge < -0.3 is 10.1 Å². The van der Waals surface area contributed by atoms with E-state index in [1.54, 1.807) is 0 Å². The van der Waals surface area contributed by atoms with Crippen molar-refractivity contribution in [3.63, 3.8) is 0 Å². The first-order valence-electron chi connectivity index (χ1n) is 9.12. The largest absolute Gasteiger partial charge is 0.494 e. The predicted molar refractivity (Wildman–Crippen MR) is 113 cm³/mol. The molecule has 0 radical (unpaired) electrons. The summed E-state index contributed by atoms with van der Waals surface area (Å²) in [5.41, 5.74) is 1.17. The number of carbonyl (C=O) groups excluding carboxylic acids is 1. The molecule has 1 amide bonds. The quantitative estimate of drug-likeness (QED) is 0.572. The maximum atomic E-state index is 13.4. The van der Waals surface area contributed by atoms with Crippen LogP contribution in [-0.4, -0.2) is 40.3 Å². The van der Waals surface area contributed by atoms with Gasteiger partial charge in [0.05, 0.1) is 23.6 Å². The molecule has 9 heteroatoms. The van der Waals surface area contributed by atoms with Crippen LogP contribution in [0.4, 0.5) is 10.1 Å². The van der Waals surface area contributed by atoms with Crippen LogP contribution in [0.25, 0.3) is 0 Å². The molecule has 2 aromatic rings. The van der Waals surface area contributed by atoms with Crippen LogP contribution < -0.4 is 14.4 Å². The number of sulfonamides is 1. The van der Waals surface area contributed by atoms with Gasteiger partial charge in [0, 0.05) is 6.54 Å². The molecule has 29 heavy (non-hydrogen) atoms. The van der Waals surface area contributed by atoms with E-state index in [2.05, 4.69) is 5.32 Å². The molecule has 0 bridgehead atoms. The van der Waals surface area contributed by atoms with Gasteiger partial charge in [0.1, 0.15) is 18.1 Å². The first kappa shape index (κ1) is 23.0. The molecule has 0 heterocycles. The van der Waals surface area contributed by atoms with Gasteiger partial charge in [-0.15, -0.1) is 0 Å². The summed E-state index contributed by atoms with van der Waals surface area (Å²) in [6.07, 6.45) is 2.35. The summed E-state index contributed by atoms with van der Waals surface area (Å²) in [4.78, 5) is 12.3. The molecule has 6 nitrogen and oxygen atoms in total. The summed E-state index contributed by atoms with van der Waals surface area (Å²) in [5, 5.41) is 2.49. The summed E-state index contributed by atoms with van der Waals surface area (Å²) >= 11 is 5.73. The molecule has 0 saturated heterocycles. The molecule has 1 N–H and O–H groups in total. The summed E-state index contributed by atoms with van der Waals surface area (Å²) in [6, 6.07) is 11.2. The van der Waals surface area contributed by atoms with Crippen molar-refractivity contribution in [2.45, 2.75) is 19.8 Å². The Labute approximate surface area is 175 Å². The van der Waals surface area contributed by atoms with Crippen LogP contribution in [0.2, 0.25) is 5.02 Å². The smallest absolute Gasteiger partial charge is 0.240 e. The van der Waals surface area contributed by atoms with Gasteiger partial charge in [0.25, 0.3) is 0 Å². The van der Waals surface area contributed by atoms with Crippen LogP contribution in [0, 0.1) is 5.82 Å². The lowest BCUT2D eigenvalue weighted by Crippen LogP contribution is -2.40. The third kappa shape index (κ3) is 6.90. The molecule has 0 fully saturated rings. The minimum atomic E-state index is -3.75. The van der Waals surface area contributed by atoms with Crippen molar-refractivity contribution >= 4 is 33.2 Å². The Morgan fingerprint density at radius 3 is 2.62 bits per heavy atom. The molecule has 2 rings (SSSR count). The van der Waals surface area contributed by atoms with Gasteiger partial charge in [-0.05, 0) is 49.6 Å². The summed E-state index contributed by atoms with van der Waals surface area (Å²) in [7, 11) is -3.75. The van der Waals surface area contributed by atoms with Crippen molar-refractivity contribution in [3.8, 4) is 5.75 Å². The third-order valence-corrected chi connectivity index (χ3v) is 5.53. The van der Waals surface area contributed by atoms with Crippen molar-refractivity contribution in [2.75, 3.05) is 30.3 Å². The van der Waals surface area contributed by atoms with Gasteiger partial charge in [-0.2, -0.15) is 0 Å². The standard InChI is InChI=1S/C20H24ClFN2O4S/c1-3-28-19-9-5-4-7-15(19)8-6-12-23-20(25)14-24(29(2,26)27)16-10-11-18(22)17(21)13-16/h4-5,7,9-11,13H,3,6,8,12,14H2,1-2H3,(H,23,25). The Balaban J connectivity index is 1.93. The van der Waals surface area contributed by atoms with Crippen LogP contribution in [0.3, 0.4) is 0 Å². The van der Waals surface area contributed by atoms with E-state index in [9.17, 15) is 17.6 Å². The highest BCUT2D eigenvalue weighted by atomic mass is 35.5. The van der Waals surface area contributed by atoms with Gasteiger partial charge in [-0.25, -0.2) is 12.8 Å². The van der Waals surface area contributed by atoms with E-state index >= 15 is 0 Å². The number of para-hydroxylation sites is 1. The maximum absolute atomic E-state index is 13.4. The predicted octanol–water partition coefficient (Wildman–Crippen LogP) is 3.39. The van der Waals surface area contributed by atoms with Gasteiger partial charge in [-0.3, -0.25) is 9.10 Å². The number of nitrogens with one attached hydrogen (secondary N) is 1. The van der Waals surface area contributed by atoms with E-state index in [1.807, 2.05) is 31.2 Å². The highest BCUT2D eigenvalue weighted by Crippen LogP contribution is 2.24. The van der Waals surface area contributed by atoms with Crippen molar-refractivity contribution in [3.05, 3.63) is 58.9 Å². The van der Waals surface area contributed by atoms with Crippen LogP contribution in [0.5, 0.6) is 5.75 Å². The lowest BCUT2D eigenvalue weighted by Gasteiger charge is -2.22. The van der Waals surface area contributed by atoms with Gasteiger partial charge in [0.2, 0.25) is 15.9 Å². The SMILES string of the molecule is CCOc1ccccc1CCCNC(=O)CN(c1ccc(F)c(Cl)c1)S(C)(=O)=O. The molecule has 0 unspecified atom stereocenters. The topological polar surface area (TPSA) is 75.7 Å². The first-order valence-corrected chi connectivity index (χ1v) is 11.3. The second-order valence-corrected chi connectivity index (χ2v) is 8.68. The molecular weight excluding hydrogens is 419 g/mol. The van der Waals surface area contributed by atoms with Crippen LogP contribution in [0.1, 0.15) is 18.9 Å². The van der Waals surface area contributed by atoms with Crippen molar-refractivity contribution < 1.29 is 22.3 Å². The zero-order valence-electron chi connectivity index (χ0n) is 16.3. The van der Waals surface area contributed by atoms with E-state index in [0.29, 0.717) is 26.0 Å². The van der Waals surface area contributed by atoms with E-state index in [4.69, 9.17) is 16.3 Å². The lowest BCUT2D eigenvalue weighted by atomic mass is 10.1. The van der Waals surface area contributed by atoms with Crippen molar-refractivity contribution in [2.24, 2.45) is 0 Å². The van der Waals surface area contributed by atoms with Gasteiger partial charge in [0.15, 0.2) is 0 Å². The minimum Gasteiger partial charge on any atom is -0.494 e. The normalized spacial score (nSPS) is 11.2. The number of hydrogen-bond acceptors (Lipinski definition) is 4. The Bertz CT molecular complexity index is 953. The van der Waals surface area contributed by atoms with Crippen LogP contribution in [0.15, 0.2) is 42.5 Å². The molecule has 0 aromatic heterocycles. The highest BCUT2D eigenvalue weighted by Gasteiger charge is 2.21. The number of rotatable bonds is 10. The molecule has 0 atom stereocenters. The van der Waals surface area contributed by atoms with E-state index in [1.165, 1.54) is 12.1 Å². The van der Waals surface area contributed by atoms with Gasteiger partial charge in [-0.1, -0.05) is 29.8 Å². The van der Waals surface area contributed by atoms with Crippen molar-refractivity contribution in [1.29, 1.82) is 0 Å². The summed E-state index contributed by atoms with van der Waals surface area (Å²) in [5.74, 6) is -0.313. The summed E-state index contributed by atoms with van der Waals surface area (Å²) in [6.45, 7) is 2.44. The van der Waals surface area contributed by atoms with Crippen LogP contribution in [-0.2, 0) is 21.2 Å². The van der Waals surface area contributed by atoms with Crippen molar-refractivity contribution in [1.82, 2.24) is 5.32 Å². The van der Waals surface area contributed by atoms with E-state index < -0.39 is 28.3 Å². The molecule has 0 spiro atoms. The number of hydrogen-bond donors (Lipinski definition) is 1. The molecule has 0 saturated carbocycles. The number of anilines is 1. The number of amides is 1. The molecule has 158 valence electrons. The maximum Gasteiger partial charge on any atom is 0.240 e. The Morgan fingerprint density at radius 1 is 1.24 bits per heavy atom. The number of benzene rings is 2. The highest BCUT2D eigenvalue weighted by molar-refractivity contribution is 7.92. The molecule has 0 aliphatic heterocycles. The van der Waals surface area contributed by atoms with E-state index in [0.717, 1.165) is 27.9 Å². The number of ether oxygens (including phenoxy) is 1. The summed E-state index contributed by atoms with van der Waals surface area (Å²) < 4.78 is 44.0. The zero-order chi connectivity index (χ0) is 21.4.